The highest BCUT2D eigenvalue weighted by Gasteiger charge is 2.34. The van der Waals surface area contributed by atoms with Crippen LogP contribution in [0.2, 0.25) is 0 Å². The van der Waals surface area contributed by atoms with Crippen LogP contribution in [-0.2, 0) is 19.2 Å². The molecule has 1 aliphatic heterocycles. The van der Waals surface area contributed by atoms with Crippen LogP contribution in [0.4, 0.5) is 0 Å². The zero-order valence-electron chi connectivity index (χ0n) is 18.2. The van der Waals surface area contributed by atoms with Gasteiger partial charge in [-0.2, -0.15) is 0 Å². The van der Waals surface area contributed by atoms with Gasteiger partial charge in [0.15, 0.2) is 5.96 Å². The van der Waals surface area contributed by atoms with Gasteiger partial charge in [-0.25, -0.2) is 4.79 Å². The van der Waals surface area contributed by atoms with Crippen molar-refractivity contribution in [3.05, 3.63) is 0 Å². The largest absolute Gasteiger partial charge is 0.480 e. The number of rotatable bonds is 12. The molecular formula is C19H35N7O5. The van der Waals surface area contributed by atoms with E-state index in [1.807, 2.05) is 13.8 Å². The first-order valence-corrected chi connectivity index (χ1v) is 10.4. The number of carbonyl (C=O) groups excluding carboxylic acids is 3. The Morgan fingerprint density at radius 2 is 1.87 bits per heavy atom. The van der Waals surface area contributed by atoms with Crippen molar-refractivity contribution in [3.63, 3.8) is 0 Å². The molecule has 0 aliphatic carbocycles. The van der Waals surface area contributed by atoms with Crippen molar-refractivity contribution in [1.29, 1.82) is 0 Å². The Labute approximate surface area is 182 Å². The molecule has 1 fully saturated rings. The second-order valence-corrected chi connectivity index (χ2v) is 8.05. The molecule has 0 aromatic heterocycles. The summed E-state index contributed by atoms with van der Waals surface area (Å²) in [5.41, 5.74) is 16.5. The van der Waals surface area contributed by atoms with E-state index < -0.39 is 41.8 Å². The maximum absolute atomic E-state index is 12.6. The molecule has 0 saturated carbocycles. The highest BCUT2D eigenvalue weighted by atomic mass is 16.4. The second-order valence-electron chi connectivity index (χ2n) is 8.05. The van der Waals surface area contributed by atoms with E-state index in [9.17, 15) is 24.3 Å². The van der Waals surface area contributed by atoms with Crippen molar-refractivity contribution in [1.82, 2.24) is 15.5 Å². The van der Waals surface area contributed by atoms with Crippen molar-refractivity contribution in [2.24, 2.45) is 28.1 Å². The summed E-state index contributed by atoms with van der Waals surface area (Å²) in [7, 11) is 0. The summed E-state index contributed by atoms with van der Waals surface area (Å²) in [4.78, 5) is 53.7. The number of amides is 3. The molecule has 3 atom stereocenters. The van der Waals surface area contributed by atoms with Gasteiger partial charge in [-0.3, -0.25) is 19.4 Å². The van der Waals surface area contributed by atoms with Gasteiger partial charge in [0, 0.05) is 13.1 Å². The lowest BCUT2D eigenvalue weighted by Gasteiger charge is -2.23. The summed E-state index contributed by atoms with van der Waals surface area (Å²) in [5.74, 6) is -2.45. The van der Waals surface area contributed by atoms with Crippen molar-refractivity contribution >= 4 is 29.7 Å². The van der Waals surface area contributed by atoms with Gasteiger partial charge in [0.05, 0.1) is 12.6 Å². The minimum absolute atomic E-state index is 0.0758. The van der Waals surface area contributed by atoms with E-state index in [2.05, 4.69) is 15.6 Å². The Kier molecular flexibility index (Phi) is 10.7. The van der Waals surface area contributed by atoms with E-state index in [0.29, 0.717) is 32.2 Å². The van der Waals surface area contributed by atoms with Gasteiger partial charge >= 0.3 is 5.97 Å². The number of carbonyl (C=O) groups is 4. The molecule has 9 N–H and O–H groups in total. The third-order valence-corrected chi connectivity index (χ3v) is 4.91. The number of carboxylic acid groups (broad SMARTS) is 1. The van der Waals surface area contributed by atoms with E-state index in [1.165, 1.54) is 4.90 Å². The number of hydrogen-bond acceptors (Lipinski definition) is 6. The number of carboxylic acids is 1. The predicted octanol–water partition coefficient (Wildman–Crippen LogP) is -1.91. The van der Waals surface area contributed by atoms with Gasteiger partial charge in [0.1, 0.15) is 12.1 Å². The molecule has 1 heterocycles. The molecular weight excluding hydrogens is 406 g/mol. The van der Waals surface area contributed by atoms with E-state index in [-0.39, 0.29) is 31.4 Å². The van der Waals surface area contributed by atoms with Crippen LogP contribution in [-0.4, -0.2) is 77.4 Å². The van der Waals surface area contributed by atoms with Gasteiger partial charge in [-0.05, 0) is 38.0 Å². The fourth-order valence-corrected chi connectivity index (χ4v) is 3.38. The molecule has 3 amide bonds. The van der Waals surface area contributed by atoms with Crippen LogP contribution in [0.1, 0.15) is 46.0 Å². The Bertz CT molecular complexity index is 679. The Balaban J connectivity index is 2.70. The van der Waals surface area contributed by atoms with Crippen molar-refractivity contribution in [2.45, 2.75) is 64.1 Å². The monoisotopic (exact) mass is 441 g/mol. The molecule has 31 heavy (non-hydrogen) atoms. The average molecular weight is 442 g/mol. The molecule has 0 aromatic rings. The van der Waals surface area contributed by atoms with E-state index in [4.69, 9.17) is 17.2 Å². The normalized spacial score (nSPS) is 17.7. The number of nitrogens with one attached hydrogen (secondary N) is 2. The fourth-order valence-electron chi connectivity index (χ4n) is 3.38. The number of guanidine groups is 1. The first kappa shape index (κ1) is 26.1. The van der Waals surface area contributed by atoms with Crippen LogP contribution < -0.4 is 27.8 Å². The minimum atomic E-state index is -1.07. The molecule has 0 bridgehead atoms. The van der Waals surface area contributed by atoms with E-state index in [1.54, 1.807) is 0 Å². The molecule has 1 saturated heterocycles. The predicted molar refractivity (Wildman–Crippen MR) is 115 cm³/mol. The smallest absolute Gasteiger partial charge is 0.326 e. The summed E-state index contributed by atoms with van der Waals surface area (Å²) in [6.07, 6.45) is 2.08. The summed E-state index contributed by atoms with van der Waals surface area (Å²) < 4.78 is 0. The molecule has 12 heteroatoms. The Hall–Kier alpha value is -2.89. The topological polar surface area (TPSA) is 206 Å². The van der Waals surface area contributed by atoms with Gasteiger partial charge < -0.3 is 37.8 Å². The molecule has 3 unspecified atom stereocenters. The number of aliphatic imine (C=N–C) groups is 1. The van der Waals surface area contributed by atoms with Crippen LogP contribution >= 0.6 is 0 Å². The Morgan fingerprint density at radius 1 is 1.19 bits per heavy atom. The maximum Gasteiger partial charge on any atom is 0.326 e. The maximum atomic E-state index is 12.6. The lowest BCUT2D eigenvalue weighted by Crippen LogP contribution is -2.53. The molecule has 176 valence electrons. The second kappa shape index (κ2) is 12.7. The van der Waals surface area contributed by atoms with Gasteiger partial charge in [0.2, 0.25) is 17.7 Å². The molecule has 0 aromatic carbocycles. The highest BCUT2D eigenvalue weighted by Crippen LogP contribution is 2.17. The van der Waals surface area contributed by atoms with Gasteiger partial charge in [-0.1, -0.05) is 13.8 Å². The lowest BCUT2D eigenvalue weighted by atomic mass is 10.0. The number of likely N-dealkylation sites (tertiary alicyclic amines) is 1. The van der Waals surface area contributed by atoms with Gasteiger partial charge in [0.25, 0.3) is 0 Å². The summed E-state index contributed by atoms with van der Waals surface area (Å²) in [6, 6.07) is -2.58. The van der Waals surface area contributed by atoms with Crippen LogP contribution in [0.3, 0.4) is 0 Å². The fraction of sp³-hybridized carbons (Fsp3) is 0.737. The average Bonchev–Trinajstić information content (AvgIpc) is 3.17. The minimum Gasteiger partial charge on any atom is -0.480 e. The quantitative estimate of drug-likeness (QED) is 0.114. The SMILES string of the molecule is CC(C)CC(N)C(=O)NC(CCCN=C(N)N)C(=O)NCC(=O)N1CCCC1C(=O)O. The van der Waals surface area contributed by atoms with E-state index in [0.717, 1.165) is 0 Å². The lowest BCUT2D eigenvalue weighted by molar-refractivity contribution is -0.148. The van der Waals surface area contributed by atoms with Crippen LogP contribution in [0.5, 0.6) is 0 Å². The molecule has 1 rings (SSSR count). The third kappa shape index (κ3) is 9.20. The molecule has 0 spiro atoms. The van der Waals surface area contributed by atoms with Crippen molar-refractivity contribution in [2.75, 3.05) is 19.6 Å². The first-order chi connectivity index (χ1) is 14.5. The number of aliphatic carboxylic acids is 1. The zero-order chi connectivity index (χ0) is 23.6. The van der Waals surface area contributed by atoms with Gasteiger partial charge in [-0.15, -0.1) is 0 Å². The van der Waals surface area contributed by atoms with Crippen LogP contribution in [0.25, 0.3) is 0 Å². The third-order valence-electron chi connectivity index (χ3n) is 4.91. The highest BCUT2D eigenvalue weighted by molar-refractivity contribution is 5.92. The summed E-state index contributed by atoms with van der Waals surface area (Å²) >= 11 is 0. The van der Waals surface area contributed by atoms with E-state index >= 15 is 0 Å². The molecule has 12 nitrogen and oxygen atoms in total. The molecule has 1 aliphatic rings. The van der Waals surface area contributed by atoms with Crippen LogP contribution in [0.15, 0.2) is 4.99 Å². The summed E-state index contributed by atoms with van der Waals surface area (Å²) in [5, 5.41) is 14.3. The van der Waals surface area contributed by atoms with Crippen LogP contribution in [0, 0.1) is 5.92 Å². The number of hydrogen-bond donors (Lipinski definition) is 6. The van der Waals surface area contributed by atoms with Crippen molar-refractivity contribution < 1.29 is 24.3 Å². The number of nitrogens with zero attached hydrogens (tertiary/aromatic N) is 2. The molecule has 0 radical (unpaired) electrons. The van der Waals surface area contributed by atoms with Crippen molar-refractivity contribution in [3.8, 4) is 0 Å². The number of nitrogens with two attached hydrogens (primary N) is 3. The standard InChI is InChI=1S/C19H35N7O5/c1-11(2)9-12(20)16(28)25-13(5-3-7-23-19(21)22)17(29)24-10-15(27)26-8-4-6-14(26)18(30)31/h11-14H,3-10,20H2,1-2H3,(H,24,29)(H,25,28)(H,30,31)(H4,21,22,23). The Morgan fingerprint density at radius 3 is 2.45 bits per heavy atom. The summed E-state index contributed by atoms with van der Waals surface area (Å²) in [6.45, 7) is 4.10. The first-order valence-electron chi connectivity index (χ1n) is 10.4. The zero-order valence-corrected chi connectivity index (χ0v) is 18.2.